The second-order valence-corrected chi connectivity index (χ2v) is 8.17. The maximum atomic E-state index is 2.44. The number of hydrogen-bond acceptors (Lipinski definition) is 0. The van der Waals surface area contributed by atoms with E-state index in [0.29, 0.717) is 0 Å². The Balaban J connectivity index is 3.70. The summed E-state index contributed by atoms with van der Waals surface area (Å²) in [6, 6.07) is 1.36. The second kappa shape index (κ2) is 3.88. The van der Waals surface area contributed by atoms with Crippen LogP contribution < -0.4 is 0 Å². The van der Waals surface area contributed by atoms with Gasteiger partial charge in [-0.1, -0.05) is 44.8 Å². The molecule has 0 N–H and O–H groups in total. The molecule has 0 aliphatic carbocycles. The van der Waals surface area contributed by atoms with Gasteiger partial charge in [-0.05, 0) is 6.42 Å². The van der Waals surface area contributed by atoms with Crippen molar-refractivity contribution in [2.75, 3.05) is 0 Å². The third kappa shape index (κ3) is 4.46. The quantitative estimate of drug-likeness (QED) is 0.531. The van der Waals surface area contributed by atoms with Crippen LogP contribution in [-0.2, 0) is 0 Å². The smallest absolute Gasteiger partial charge is 0.0710 e. The molecule has 0 atom stereocenters. The van der Waals surface area contributed by atoms with Crippen LogP contribution in [0.25, 0.3) is 0 Å². The molecule has 0 fully saturated rings. The summed E-state index contributed by atoms with van der Waals surface area (Å²) < 4.78 is 0. The molecule has 0 saturated heterocycles. The van der Waals surface area contributed by atoms with Crippen LogP contribution in [0.3, 0.4) is 0 Å². The highest BCUT2D eigenvalue weighted by molar-refractivity contribution is 6.82. The van der Waals surface area contributed by atoms with Crippen molar-refractivity contribution >= 4 is 8.07 Å². The van der Waals surface area contributed by atoms with E-state index in [1.165, 1.54) is 12.5 Å². The fourth-order valence-electron chi connectivity index (χ4n) is 0.555. The van der Waals surface area contributed by atoms with Gasteiger partial charge < -0.3 is 0 Å². The average Bonchev–Trinajstić information content (AvgIpc) is 1.84. The van der Waals surface area contributed by atoms with E-state index in [1.54, 1.807) is 0 Å². The Kier molecular flexibility index (Phi) is 3.87. The molecular weight excluding hydrogens is 124 g/mol. The number of hydrogen-bond donors (Lipinski definition) is 0. The van der Waals surface area contributed by atoms with Crippen molar-refractivity contribution in [2.45, 2.75) is 39.4 Å². The van der Waals surface area contributed by atoms with Crippen LogP contribution in [0, 0.1) is 0 Å². The van der Waals surface area contributed by atoms with E-state index in [0.717, 1.165) is 0 Å². The van der Waals surface area contributed by atoms with Crippen molar-refractivity contribution in [3.63, 3.8) is 0 Å². The highest BCUT2D eigenvalue weighted by Crippen LogP contribution is 2.09. The second-order valence-electron chi connectivity index (χ2n) is 3.15. The zero-order chi connectivity index (χ0) is 7.33. The van der Waals surface area contributed by atoms with Gasteiger partial charge in [-0.25, -0.2) is 0 Å². The Morgan fingerprint density at radius 3 is 2.11 bits per heavy atom. The van der Waals surface area contributed by atoms with Gasteiger partial charge in [-0.3, -0.25) is 0 Å². The highest BCUT2D eigenvalue weighted by Gasteiger charge is 2.11. The van der Waals surface area contributed by atoms with Crippen molar-refractivity contribution < 1.29 is 0 Å². The van der Waals surface area contributed by atoms with E-state index in [2.05, 4.69) is 38.7 Å². The van der Waals surface area contributed by atoms with Gasteiger partial charge in [-0.15, -0.1) is 0 Å². The van der Waals surface area contributed by atoms with E-state index >= 15 is 0 Å². The standard InChI is InChI=1S/C8H18Si/c1-5-7-8-9(3,4)6-2/h7-8H,5-6H2,1-4H3. The highest BCUT2D eigenvalue weighted by atomic mass is 28.3. The first-order valence-electron chi connectivity index (χ1n) is 3.80. The van der Waals surface area contributed by atoms with E-state index in [9.17, 15) is 0 Å². The minimum absolute atomic E-state index is 0.879. The maximum absolute atomic E-state index is 2.44. The molecule has 0 heterocycles. The maximum Gasteiger partial charge on any atom is 0.0710 e. The van der Waals surface area contributed by atoms with Gasteiger partial charge in [0.15, 0.2) is 0 Å². The van der Waals surface area contributed by atoms with Crippen molar-refractivity contribution in [3.05, 3.63) is 11.8 Å². The summed E-state index contributed by atoms with van der Waals surface area (Å²) >= 11 is 0. The lowest BCUT2D eigenvalue weighted by atomic mass is 10.5. The van der Waals surface area contributed by atoms with Gasteiger partial charge in [0.05, 0.1) is 8.07 Å². The van der Waals surface area contributed by atoms with Crippen LogP contribution in [0.4, 0.5) is 0 Å². The van der Waals surface area contributed by atoms with Crippen LogP contribution >= 0.6 is 0 Å². The Bertz CT molecular complexity index is 92.7. The molecule has 0 saturated carbocycles. The molecule has 1 heteroatoms. The summed E-state index contributed by atoms with van der Waals surface area (Å²) in [5.41, 5.74) is 2.44. The van der Waals surface area contributed by atoms with E-state index in [1.807, 2.05) is 0 Å². The lowest BCUT2D eigenvalue weighted by Gasteiger charge is -2.13. The molecule has 0 aromatic carbocycles. The van der Waals surface area contributed by atoms with Gasteiger partial charge in [0, 0.05) is 0 Å². The predicted molar refractivity (Wildman–Crippen MR) is 47.4 cm³/mol. The summed E-state index contributed by atoms with van der Waals surface area (Å²) in [5, 5.41) is 0. The zero-order valence-corrected chi connectivity index (χ0v) is 8.07. The van der Waals surface area contributed by atoms with Gasteiger partial charge in [0.1, 0.15) is 0 Å². The minimum atomic E-state index is -0.879. The predicted octanol–water partition coefficient (Wildman–Crippen LogP) is 3.22. The molecule has 0 aliphatic rings. The summed E-state index contributed by atoms with van der Waals surface area (Å²) in [7, 11) is -0.879. The third-order valence-corrected chi connectivity index (χ3v) is 4.68. The Labute approximate surface area is 60.0 Å². The molecule has 0 nitrogen and oxygen atoms in total. The number of rotatable bonds is 3. The SMILES string of the molecule is CCC=C[Si](C)(C)CC. The molecule has 9 heavy (non-hydrogen) atoms. The molecule has 0 unspecified atom stereocenters. The fraction of sp³-hybridized carbons (Fsp3) is 0.750. The van der Waals surface area contributed by atoms with Crippen LogP contribution in [-0.4, -0.2) is 8.07 Å². The molecule has 0 spiro atoms. The first-order valence-corrected chi connectivity index (χ1v) is 7.08. The summed E-state index contributed by atoms with van der Waals surface area (Å²) in [6.07, 6.45) is 3.49. The van der Waals surface area contributed by atoms with E-state index in [-0.39, 0.29) is 0 Å². The summed E-state index contributed by atoms with van der Waals surface area (Å²) in [6.45, 7) is 9.28. The minimum Gasteiger partial charge on any atom is -0.0987 e. The number of allylic oxidation sites excluding steroid dienone is 1. The molecular formula is C8H18Si. The lowest BCUT2D eigenvalue weighted by molar-refractivity contribution is 1.22. The summed E-state index contributed by atoms with van der Waals surface area (Å²) in [4.78, 5) is 0. The molecule has 0 aromatic rings. The monoisotopic (exact) mass is 142 g/mol. The van der Waals surface area contributed by atoms with Gasteiger partial charge in [0.25, 0.3) is 0 Å². The van der Waals surface area contributed by atoms with E-state index in [4.69, 9.17) is 0 Å². The first-order chi connectivity index (χ1) is 4.12. The first kappa shape index (κ1) is 8.96. The van der Waals surface area contributed by atoms with Crippen LogP contribution in [0.15, 0.2) is 11.8 Å². The Hall–Kier alpha value is -0.0431. The van der Waals surface area contributed by atoms with Crippen molar-refractivity contribution in [1.29, 1.82) is 0 Å². The molecule has 0 rings (SSSR count). The zero-order valence-electron chi connectivity index (χ0n) is 7.07. The van der Waals surface area contributed by atoms with Gasteiger partial charge >= 0.3 is 0 Å². The molecule has 0 aliphatic heterocycles. The van der Waals surface area contributed by atoms with Crippen LogP contribution in [0.2, 0.25) is 19.1 Å². The van der Waals surface area contributed by atoms with Crippen LogP contribution in [0.1, 0.15) is 20.3 Å². The summed E-state index contributed by atoms with van der Waals surface area (Å²) in [5.74, 6) is 0. The van der Waals surface area contributed by atoms with Gasteiger partial charge in [-0.2, -0.15) is 0 Å². The molecule has 54 valence electrons. The van der Waals surface area contributed by atoms with E-state index < -0.39 is 8.07 Å². The Morgan fingerprint density at radius 2 is 1.78 bits per heavy atom. The fourth-order valence-corrected chi connectivity index (χ4v) is 1.66. The lowest BCUT2D eigenvalue weighted by Crippen LogP contribution is -2.19. The van der Waals surface area contributed by atoms with Crippen molar-refractivity contribution in [3.8, 4) is 0 Å². The molecule has 0 bridgehead atoms. The normalized spacial score (nSPS) is 12.9. The topological polar surface area (TPSA) is 0 Å². The van der Waals surface area contributed by atoms with Crippen molar-refractivity contribution in [1.82, 2.24) is 0 Å². The van der Waals surface area contributed by atoms with Crippen molar-refractivity contribution in [2.24, 2.45) is 0 Å². The van der Waals surface area contributed by atoms with Gasteiger partial charge in [0.2, 0.25) is 0 Å². The molecule has 0 aromatic heterocycles. The largest absolute Gasteiger partial charge is 0.0987 e. The molecule has 0 radical (unpaired) electrons. The van der Waals surface area contributed by atoms with Crippen LogP contribution in [0.5, 0.6) is 0 Å². The Morgan fingerprint density at radius 1 is 1.22 bits per heavy atom. The average molecular weight is 142 g/mol. The third-order valence-electron chi connectivity index (χ3n) is 1.72. The molecule has 0 amide bonds.